The van der Waals surface area contributed by atoms with Gasteiger partial charge < -0.3 is 20.5 Å². The van der Waals surface area contributed by atoms with Crippen LogP contribution in [-0.4, -0.2) is 37.4 Å². The first kappa shape index (κ1) is 14.2. The maximum absolute atomic E-state index is 11.8. The molecule has 3 atom stereocenters. The number of esters is 1. The van der Waals surface area contributed by atoms with Crippen molar-refractivity contribution in [2.45, 2.75) is 25.9 Å². The van der Waals surface area contributed by atoms with Gasteiger partial charge in [0.2, 0.25) is 0 Å². The van der Waals surface area contributed by atoms with E-state index >= 15 is 0 Å². The highest BCUT2D eigenvalue weighted by Gasteiger charge is 2.42. The lowest BCUT2D eigenvalue weighted by atomic mass is 10.00. The van der Waals surface area contributed by atoms with Crippen molar-refractivity contribution in [3.8, 4) is 0 Å². The van der Waals surface area contributed by atoms with E-state index in [0.29, 0.717) is 23.1 Å². The van der Waals surface area contributed by atoms with Crippen molar-refractivity contribution in [1.29, 1.82) is 0 Å². The zero-order valence-electron chi connectivity index (χ0n) is 12.5. The summed E-state index contributed by atoms with van der Waals surface area (Å²) < 4.78 is 4.80. The first-order valence-corrected chi connectivity index (χ1v) is 7.42. The molecule has 5 heteroatoms. The van der Waals surface area contributed by atoms with Crippen LogP contribution in [0.2, 0.25) is 0 Å². The number of fused-ring (bicyclic) bond motifs is 1. The Morgan fingerprint density at radius 2 is 2.14 bits per heavy atom. The number of hydrogen-bond acceptors (Lipinski definition) is 5. The van der Waals surface area contributed by atoms with Gasteiger partial charge in [-0.3, -0.25) is 0 Å². The number of carbonyl (C=O) groups excluding carboxylic acids is 1. The largest absolute Gasteiger partial charge is 0.465 e. The van der Waals surface area contributed by atoms with Gasteiger partial charge in [0.05, 0.1) is 18.8 Å². The summed E-state index contributed by atoms with van der Waals surface area (Å²) in [5.41, 5.74) is 8.75. The van der Waals surface area contributed by atoms with Crippen molar-refractivity contribution < 1.29 is 14.6 Å². The molecule has 21 heavy (non-hydrogen) atoms. The van der Waals surface area contributed by atoms with Crippen molar-refractivity contribution in [2.24, 2.45) is 11.8 Å². The molecule has 5 nitrogen and oxygen atoms in total. The van der Waals surface area contributed by atoms with Crippen molar-refractivity contribution in [2.75, 3.05) is 30.8 Å². The van der Waals surface area contributed by atoms with Gasteiger partial charge in [-0.15, -0.1) is 0 Å². The van der Waals surface area contributed by atoms with Gasteiger partial charge in [0, 0.05) is 30.4 Å². The van der Waals surface area contributed by atoms with E-state index < -0.39 is 5.97 Å². The Kier molecular flexibility index (Phi) is 3.53. The van der Waals surface area contributed by atoms with Crippen LogP contribution in [0.25, 0.3) is 0 Å². The predicted octanol–water partition coefficient (Wildman–Crippen LogP) is 1.57. The van der Waals surface area contributed by atoms with E-state index in [1.54, 1.807) is 0 Å². The fourth-order valence-electron chi connectivity index (χ4n) is 3.69. The molecule has 3 rings (SSSR count). The molecule has 114 valence electrons. The summed E-state index contributed by atoms with van der Waals surface area (Å²) in [7, 11) is 1.36. The lowest BCUT2D eigenvalue weighted by Gasteiger charge is -2.22. The molecule has 0 aromatic heterocycles. The molecule has 1 heterocycles. The minimum atomic E-state index is -0.406. The molecule has 1 aromatic rings. The molecular formula is C16H22N2O3. The number of nitrogens with zero attached hydrogens (tertiary/aromatic N) is 1. The molecule has 2 fully saturated rings. The number of anilines is 2. The Morgan fingerprint density at radius 1 is 1.38 bits per heavy atom. The normalized spacial score (nSPS) is 27.8. The third-order valence-electron chi connectivity index (χ3n) is 4.96. The number of aliphatic hydroxyl groups excluding tert-OH is 1. The first-order chi connectivity index (χ1) is 10.0. The monoisotopic (exact) mass is 290 g/mol. The van der Waals surface area contributed by atoms with E-state index in [1.807, 2.05) is 19.1 Å². The Morgan fingerprint density at radius 3 is 2.81 bits per heavy atom. The highest BCUT2D eigenvalue weighted by atomic mass is 16.5. The molecule has 3 N–H and O–H groups in total. The lowest BCUT2D eigenvalue weighted by Crippen LogP contribution is -2.25. The number of nitrogens with two attached hydrogens (primary N) is 1. The number of rotatable bonds is 2. The molecule has 1 saturated carbocycles. The van der Waals surface area contributed by atoms with Crippen LogP contribution >= 0.6 is 0 Å². The molecule has 1 aromatic carbocycles. The first-order valence-electron chi connectivity index (χ1n) is 7.42. The predicted molar refractivity (Wildman–Crippen MR) is 81.4 cm³/mol. The second kappa shape index (κ2) is 5.22. The summed E-state index contributed by atoms with van der Waals surface area (Å²) in [6.07, 6.45) is 1.81. The molecule has 1 saturated heterocycles. The number of ether oxygens (including phenoxy) is 1. The van der Waals surface area contributed by atoms with Crippen LogP contribution < -0.4 is 10.6 Å². The van der Waals surface area contributed by atoms with Crippen LogP contribution in [0.15, 0.2) is 12.1 Å². The topological polar surface area (TPSA) is 75.8 Å². The number of aryl methyl sites for hydroxylation is 1. The van der Waals surface area contributed by atoms with E-state index in [2.05, 4.69) is 4.90 Å². The number of methoxy groups -OCH3 is 1. The smallest absolute Gasteiger partial charge is 0.340 e. The number of benzene rings is 1. The van der Waals surface area contributed by atoms with Crippen LogP contribution in [-0.2, 0) is 4.74 Å². The van der Waals surface area contributed by atoms with E-state index in [-0.39, 0.29) is 6.10 Å². The van der Waals surface area contributed by atoms with Crippen molar-refractivity contribution in [1.82, 2.24) is 0 Å². The quantitative estimate of drug-likeness (QED) is 0.639. The van der Waals surface area contributed by atoms with Gasteiger partial charge >= 0.3 is 5.97 Å². The average Bonchev–Trinajstić information content (AvgIpc) is 3.03. The fraction of sp³-hybridized carbons (Fsp3) is 0.562. The molecule has 3 unspecified atom stereocenters. The number of nitrogen functional groups attached to an aromatic ring is 1. The zero-order valence-corrected chi connectivity index (χ0v) is 12.5. The lowest BCUT2D eigenvalue weighted by molar-refractivity contribution is 0.0602. The highest BCUT2D eigenvalue weighted by molar-refractivity contribution is 5.97. The fourth-order valence-corrected chi connectivity index (χ4v) is 3.69. The van der Waals surface area contributed by atoms with Crippen molar-refractivity contribution in [3.05, 3.63) is 23.3 Å². The second-order valence-corrected chi connectivity index (χ2v) is 6.19. The third kappa shape index (κ3) is 2.35. The average molecular weight is 290 g/mol. The highest BCUT2D eigenvalue weighted by Crippen LogP contribution is 2.40. The molecule has 0 radical (unpaired) electrons. The van der Waals surface area contributed by atoms with Gasteiger partial charge in [-0.2, -0.15) is 0 Å². The van der Waals surface area contributed by atoms with E-state index in [0.717, 1.165) is 37.2 Å². The van der Waals surface area contributed by atoms with Crippen LogP contribution in [0, 0.1) is 18.8 Å². The Hall–Kier alpha value is -1.75. The van der Waals surface area contributed by atoms with Gasteiger partial charge in [0.25, 0.3) is 0 Å². The summed E-state index contributed by atoms with van der Waals surface area (Å²) in [6.45, 7) is 3.68. The molecule has 1 aliphatic heterocycles. The van der Waals surface area contributed by atoms with Gasteiger partial charge in [-0.1, -0.05) is 0 Å². The molecule has 2 aliphatic rings. The van der Waals surface area contributed by atoms with Gasteiger partial charge in [-0.25, -0.2) is 4.79 Å². The number of aliphatic hydroxyl groups is 1. The summed E-state index contributed by atoms with van der Waals surface area (Å²) in [6, 6.07) is 3.82. The number of carbonyl (C=O) groups is 1. The van der Waals surface area contributed by atoms with Gasteiger partial charge in [0.15, 0.2) is 0 Å². The maximum atomic E-state index is 11.8. The maximum Gasteiger partial charge on any atom is 0.340 e. The van der Waals surface area contributed by atoms with Crippen LogP contribution in [0.4, 0.5) is 11.4 Å². The van der Waals surface area contributed by atoms with Crippen LogP contribution in [0.5, 0.6) is 0 Å². The zero-order chi connectivity index (χ0) is 15.1. The van der Waals surface area contributed by atoms with Crippen molar-refractivity contribution >= 4 is 17.3 Å². The molecule has 0 amide bonds. The summed E-state index contributed by atoms with van der Waals surface area (Å²) in [4.78, 5) is 14.1. The number of hydrogen-bond donors (Lipinski definition) is 2. The summed E-state index contributed by atoms with van der Waals surface area (Å²) in [5.74, 6) is 0.501. The standard InChI is InChI=1S/C16H22N2O3/c1-9-5-11(6-12(15(9)17)16(20)21-2)18-7-10-3-4-14(19)13(10)8-18/h5-6,10,13-14,19H,3-4,7-8,17H2,1-2H3. The minimum absolute atomic E-state index is 0.185. The van der Waals surface area contributed by atoms with Crippen LogP contribution in [0.3, 0.4) is 0 Å². The van der Waals surface area contributed by atoms with E-state index in [9.17, 15) is 9.90 Å². The SMILES string of the molecule is COC(=O)c1cc(N2CC3CCC(O)C3C2)cc(C)c1N. The van der Waals surface area contributed by atoms with E-state index in [1.165, 1.54) is 7.11 Å². The Bertz CT molecular complexity index is 573. The Balaban J connectivity index is 1.90. The second-order valence-electron chi connectivity index (χ2n) is 6.19. The molecule has 0 spiro atoms. The van der Waals surface area contributed by atoms with E-state index in [4.69, 9.17) is 10.5 Å². The molecule has 1 aliphatic carbocycles. The third-order valence-corrected chi connectivity index (χ3v) is 4.96. The molecular weight excluding hydrogens is 268 g/mol. The van der Waals surface area contributed by atoms with Crippen LogP contribution in [0.1, 0.15) is 28.8 Å². The minimum Gasteiger partial charge on any atom is -0.465 e. The summed E-state index contributed by atoms with van der Waals surface area (Å²) >= 11 is 0. The van der Waals surface area contributed by atoms with Crippen molar-refractivity contribution in [3.63, 3.8) is 0 Å². The van der Waals surface area contributed by atoms with Gasteiger partial charge in [0.1, 0.15) is 0 Å². The Labute approximate surface area is 124 Å². The van der Waals surface area contributed by atoms with Gasteiger partial charge in [-0.05, 0) is 43.4 Å². The summed E-state index contributed by atoms with van der Waals surface area (Å²) in [5, 5.41) is 10.0. The molecule has 0 bridgehead atoms.